The van der Waals surface area contributed by atoms with Gasteiger partial charge in [0.2, 0.25) is 10.0 Å². The summed E-state index contributed by atoms with van der Waals surface area (Å²) >= 11 is 0. The number of sulfonamides is 1. The van der Waals surface area contributed by atoms with E-state index in [0.29, 0.717) is 30.3 Å². The van der Waals surface area contributed by atoms with E-state index in [1.807, 2.05) is 6.92 Å². The van der Waals surface area contributed by atoms with Crippen LogP contribution in [0.15, 0.2) is 35.5 Å². The van der Waals surface area contributed by atoms with E-state index in [-0.39, 0.29) is 10.9 Å². The van der Waals surface area contributed by atoms with Gasteiger partial charge in [-0.3, -0.25) is 4.98 Å². The van der Waals surface area contributed by atoms with Gasteiger partial charge in [0.05, 0.1) is 0 Å². The molecule has 22 heavy (non-hydrogen) atoms. The molecule has 0 radical (unpaired) electrons. The second-order valence-electron chi connectivity index (χ2n) is 5.53. The molecule has 0 amide bonds. The van der Waals surface area contributed by atoms with Crippen LogP contribution in [0, 0.1) is 5.82 Å². The van der Waals surface area contributed by atoms with Crippen LogP contribution in [0.1, 0.15) is 13.3 Å². The zero-order valence-electron chi connectivity index (χ0n) is 12.3. The van der Waals surface area contributed by atoms with Crippen molar-refractivity contribution in [2.45, 2.75) is 24.3 Å². The van der Waals surface area contributed by atoms with Crippen LogP contribution < -0.4 is 5.32 Å². The summed E-state index contributed by atoms with van der Waals surface area (Å²) in [5.41, 5.74) is 0. The first-order valence-electron chi connectivity index (χ1n) is 7.26. The fourth-order valence-corrected chi connectivity index (χ4v) is 4.51. The lowest BCUT2D eigenvalue weighted by atomic mass is 10.2. The Morgan fingerprint density at radius 1 is 1.36 bits per heavy atom. The SMILES string of the molecule is CC1CNCCCN1S(=O)(=O)c1cc2ccncc2cc1F. The molecule has 2 heterocycles. The van der Waals surface area contributed by atoms with Crippen molar-refractivity contribution in [3.05, 3.63) is 36.4 Å². The largest absolute Gasteiger partial charge is 0.315 e. The minimum absolute atomic E-state index is 0.208. The first kappa shape index (κ1) is 15.3. The molecular weight excluding hydrogens is 305 g/mol. The van der Waals surface area contributed by atoms with Gasteiger partial charge in [0, 0.05) is 36.9 Å². The van der Waals surface area contributed by atoms with Crippen LogP contribution in [0.25, 0.3) is 10.8 Å². The van der Waals surface area contributed by atoms with E-state index in [1.54, 1.807) is 12.3 Å². The Bertz CT molecular complexity index is 794. The van der Waals surface area contributed by atoms with Gasteiger partial charge in [-0.15, -0.1) is 0 Å². The molecule has 1 aliphatic heterocycles. The normalized spacial score (nSPS) is 20.9. The molecule has 2 aromatic rings. The van der Waals surface area contributed by atoms with Crippen molar-refractivity contribution < 1.29 is 12.8 Å². The molecule has 1 saturated heterocycles. The van der Waals surface area contributed by atoms with Crippen molar-refractivity contribution in [2.75, 3.05) is 19.6 Å². The third kappa shape index (κ3) is 2.71. The van der Waals surface area contributed by atoms with Crippen molar-refractivity contribution >= 4 is 20.8 Å². The summed E-state index contributed by atoms with van der Waals surface area (Å²) in [6.07, 6.45) is 3.80. The second kappa shape index (κ2) is 5.91. The van der Waals surface area contributed by atoms with Crippen LogP contribution in [0.5, 0.6) is 0 Å². The summed E-state index contributed by atoms with van der Waals surface area (Å²) in [6, 6.07) is 4.10. The Morgan fingerprint density at radius 2 is 2.18 bits per heavy atom. The number of rotatable bonds is 2. The first-order chi connectivity index (χ1) is 10.5. The lowest BCUT2D eigenvalue weighted by Crippen LogP contribution is -2.41. The molecular formula is C15H18FN3O2S. The van der Waals surface area contributed by atoms with Crippen LogP contribution >= 0.6 is 0 Å². The Labute approximate surface area is 129 Å². The van der Waals surface area contributed by atoms with E-state index in [2.05, 4.69) is 10.3 Å². The van der Waals surface area contributed by atoms with E-state index < -0.39 is 15.8 Å². The van der Waals surface area contributed by atoms with Gasteiger partial charge in [0.15, 0.2) is 0 Å². The monoisotopic (exact) mass is 323 g/mol. The van der Waals surface area contributed by atoms with Gasteiger partial charge < -0.3 is 5.32 Å². The average Bonchev–Trinajstić information content (AvgIpc) is 2.71. The topological polar surface area (TPSA) is 62.3 Å². The maximum Gasteiger partial charge on any atom is 0.246 e. The number of fused-ring (bicyclic) bond motifs is 1. The van der Waals surface area contributed by atoms with Crippen molar-refractivity contribution in [1.29, 1.82) is 0 Å². The van der Waals surface area contributed by atoms with Crippen LogP contribution in [0.2, 0.25) is 0 Å². The number of nitrogens with zero attached hydrogens (tertiary/aromatic N) is 2. The molecule has 3 rings (SSSR count). The molecule has 7 heteroatoms. The molecule has 1 atom stereocenters. The van der Waals surface area contributed by atoms with Gasteiger partial charge in [-0.1, -0.05) is 0 Å². The van der Waals surface area contributed by atoms with E-state index in [9.17, 15) is 12.8 Å². The highest BCUT2D eigenvalue weighted by atomic mass is 32.2. The van der Waals surface area contributed by atoms with Crippen molar-refractivity contribution in [2.24, 2.45) is 0 Å². The standard InChI is InChI=1S/C15H18FN3O2S/c1-11-9-17-4-2-6-19(11)22(20,21)15-8-12-3-5-18-10-13(12)7-14(15)16/h3,5,7-8,10-11,17H,2,4,6,9H2,1H3. The summed E-state index contributed by atoms with van der Waals surface area (Å²) < 4.78 is 41.5. The molecule has 1 N–H and O–H groups in total. The van der Waals surface area contributed by atoms with Gasteiger partial charge in [-0.2, -0.15) is 4.31 Å². The molecule has 0 aliphatic carbocycles. The molecule has 1 aromatic heterocycles. The summed E-state index contributed by atoms with van der Waals surface area (Å²) in [5.74, 6) is -0.732. The quantitative estimate of drug-likeness (QED) is 0.914. The lowest BCUT2D eigenvalue weighted by Gasteiger charge is -2.26. The molecule has 0 spiro atoms. The third-order valence-electron chi connectivity index (χ3n) is 3.94. The molecule has 0 bridgehead atoms. The predicted octanol–water partition coefficient (Wildman–Crippen LogP) is 1.75. The average molecular weight is 323 g/mol. The van der Waals surface area contributed by atoms with E-state index >= 15 is 0 Å². The van der Waals surface area contributed by atoms with Crippen molar-refractivity contribution in [3.8, 4) is 0 Å². The van der Waals surface area contributed by atoms with Gasteiger partial charge in [-0.25, -0.2) is 12.8 Å². The molecule has 0 saturated carbocycles. The zero-order chi connectivity index (χ0) is 15.7. The lowest BCUT2D eigenvalue weighted by molar-refractivity contribution is 0.351. The third-order valence-corrected chi connectivity index (χ3v) is 5.97. The fourth-order valence-electron chi connectivity index (χ4n) is 2.76. The second-order valence-corrected chi connectivity index (χ2v) is 7.39. The number of aromatic nitrogens is 1. The number of halogens is 1. The number of benzene rings is 1. The number of hydrogen-bond donors (Lipinski definition) is 1. The maximum absolute atomic E-state index is 14.3. The van der Waals surface area contributed by atoms with E-state index in [1.165, 1.54) is 22.6 Å². The van der Waals surface area contributed by atoms with Crippen molar-refractivity contribution in [3.63, 3.8) is 0 Å². The summed E-state index contributed by atoms with van der Waals surface area (Å²) in [4.78, 5) is 3.66. The molecule has 1 unspecified atom stereocenters. The Morgan fingerprint density at radius 3 is 3.00 bits per heavy atom. The van der Waals surface area contributed by atoms with Crippen LogP contribution in [0.3, 0.4) is 0 Å². The molecule has 1 aliphatic rings. The van der Waals surface area contributed by atoms with Gasteiger partial charge in [-0.05, 0) is 43.5 Å². The summed E-state index contributed by atoms with van der Waals surface area (Å²) in [7, 11) is -3.86. The fraction of sp³-hybridized carbons (Fsp3) is 0.400. The van der Waals surface area contributed by atoms with E-state index in [4.69, 9.17) is 0 Å². The molecule has 5 nitrogen and oxygen atoms in total. The van der Waals surface area contributed by atoms with Crippen LogP contribution in [-0.2, 0) is 10.0 Å². The number of nitrogens with one attached hydrogen (secondary N) is 1. The number of pyridine rings is 1. The van der Waals surface area contributed by atoms with E-state index in [0.717, 1.165) is 6.54 Å². The smallest absolute Gasteiger partial charge is 0.246 e. The van der Waals surface area contributed by atoms with Crippen LogP contribution in [0.4, 0.5) is 4.39 Å². The van der Waals surface area contributed by atoms with Gasteiger partial charge in [0.25, 0.3) is 0 Å². The minimum Gasteiger partial charge on any atom is -0.315 e. The minimum atomic E-state index is -3.86. The van der Waals surface area contributed by atoms with Gasteiger partial charge in [0.1, 0.15) is 10.7 Å². The van der Waals surface area contributed by atoms with Gasteiger partial charge >= 0.3 is 0 Å². The summed E-state index contributed by atoms with van der Waals surface area (Å²) in [5, 5.41) is 4.44. The van der Waals surface area contributed by atoms with Crippen molar-refractivity contribution in [1.82, 2.24) is 14.6 Å². The highest BCUT2D eigenvalue weighted by Crippen LogP contribution is 2.26. The Balaban J connectivity index is 2.09. The molecule has 1 fully saturated rings. The number of hydrogen-bond acceptors (Lipinski definition) is 4. The zero-order valence-corrected chi connectivity index (χ0v) is 13.1. The van der Waals surface area contributed by atoms with Crippen LogP contribution in [-0.4, -0.2) is 43.4 Å². The predicted molar refractivity (Wildman–Crippen MR) is 82.5 cm³/mol. The maximum atomic E-state index is 14.3. The first-order valence-corrected chi connectivity index (χ1v) is 8.70. The highest BCUT2D eigenvalue weighted by molar-refractivity contribution is 7.89. The summed E-state index contributed by atoms with van der Waals surface area (Å²) in [6.45, 7) is 3.56. The highest BCUT2D eigenvalue weighted by Gasteiger charge is 2.32. The Hall–Kier alpha value is -1.57. The molecule has 118 valence electrons. The molecule has 1 aromatic carbocycles. The Kier molecular flexibility index (Phi) is 4.12.